The summed E-state index contributed by atoms with van der Waals surface area (Å²) >= 11 is 0. The summed E-state index contributed by atoms with van der Waals surface area (Å²) in [6, 6.07) is 0.598. The van der Waals surface area contributed by atoms with Gasteiger partial charge in [-0.25, -0.2) is 0 Å². The number of aromatic amines is 2. The highest BCUT2D eigenvalue weighted by molar-refractivity contribution is 5.58. The third kappa shape index (κ3) is 1.89. The van der Waals surface area contributed by atoms with Crippen LogP contribution in [0.3, 0.4) is 0 Å². The fourth-order valence-electron chi connectivity index (χ4n) is 3.31. The van der Waals surface area contributed by atoms with Gasteiger partial charge >= 0.3 is 0 Å². The molecule has 3 N–H and O–H groups in total. The van der Waals surface area contributed by atoms with Crippen molar-refractivity contribution in [1.82, 2.24) is 30.7 Å². The van der Waals surface area contributed by atoms with E-state index in [0.717, 1.165) is 48.6 Å². The van der Waals surface area contributed by atoms with Crippen LogP contribution in [0.4, 0.5) is 5.95 Å². The highest BCUT2D eigenvalue weighted by atomic mass is 15.4. The van der Waals surface area contributed by atoms with E-state index in [1.165, 1.54) is 12.8 Å². The molecule has 4 heterocycles. The lowest BCUT2D eigenvalue weighted by Gasteiger charge is -2.24. The van der Waals surface area contributed by atoms with Crippen molar-refractivity contribution in [3.05, 3.63) is 11.9 Å². The van der Waals surface area contributed by atoms with Crippen LogP contribution < -0.4 is 10.2 Å². The molecule has 2 aliphatic heterocycles. The Hall–Kier alpha value is -1.89. The summed E-state index contributed by atoms with van der Waals surface area (Å²) in [5.41, 5.74) is 1.99. The lowest BCUT2D eigenvalue weighted by atomic mass is 9.94. The van der Waals surface area contributed by atoms with E-state index < -0.39 is 0 Å². The number of piperidine rings is 1. The molecule has 2 fully saturated rings. The summed E-state index contributed by atoms with van der Waals surface area (Å²) in [7, 11) is 0. The van der Waals surface area contributed by atoms with Crippen LogP contribution in [0.5, 0.6) is 0 Å². The number of H-pyrrole nitrogens is 2. The number of nitrogens with zero attached hydrogens (tertiary/aromatic N) is 4. The molecule has 2 aromatic rings. The highest BCUT2D eigenvalue weighted by Crippen LogP contribution is 2.28. The Balaban J connectivity index is 1.55. The second-order valence-electron chi connectivity index (χ2n) is 5.76. The van der Waals surface area contributed by atoms with Gasteiger partial charge in [-0.3, -0.25) is 10.2 Å². The summed E-state index contributed by atoms with van der Waals surface area (Å²) in [4.78, 5) is 6.91. The average molecular weight is 273 g/mol. The standard InChI is InChI=1S/C13H19N7/c1-8-10(5-15-17-8)12-16-13(19-18-12)20-6-9-3-2-4-14-11(9)7-20/h5,9,11,14H,2-4,6-7H2,1H3,(H,15,17)(H,16,18,19). The smallest absolute Gasteiger partial charge is 0.245 e. The predicted octanol–water partition coefficient (Wildman–Crippen LogP) is 0.691. The number of hydrogen-bond acceptors (Lipinski definition) is 5. The van der Waals surface area contributed by atoms with Crippen molar-refractivity contribution in [3.63, 3.8) is 0 Å². The van der Waals surface area contributed by atoms with Crippen LogP contribution in [0.25, 0.3) is 11.4 Å². The monoisotopic (exact) mass is 273 g/mol. The molecule has 0 amide bonds. The molecule has 2 unspecified atom stereocenters. The van der Waals surface area contributed by atoms with Gasteiger partial charge in [0.05, 0.1) is 11.8 Å². The zero-order valence-electron chi connectivity index (χ0n) is 11.6. The van der Waals surface area contributed by atoms with E-state index in [1.54, 1.807) is 6.20 Å². The SMILES string of the molecule is Cc1[nH]ncc1-c1nc(N2CC3CCCNC3C2)n[nH]1. The maximum absolute atomic E-state index is 4.62. The Morgan fingerprint density at radius 1 is 1.30 bits per heavy atom. The van der Waals surface area contributed by atoms with E-state index in [9.17, 15) is 0 Å². The van der Waals surface area contributed by atoms with Crippen LogP contribution in [0, 0.1) is 12.8 Å². The number of rotatable bonds is 2. The second kappa shape index (κ2) is 4.59. The van der Waals surface area contributed by atoms with Gasteiger partial charge in [0.2, 0.25) is 5.95 Å². The molecule has 0 aromatic carbocycles. The molecular formula is C13H19N7. The van der Waals surface area contributed by atoms with E-state index in [1.807, 2.05) is 6.92 Å². The van der Waals surface area contributed by atoms with Crippen LogP contribution in [0.2, 0.25) is 0 Å². The van der Waals surface area contributed by atoms with Gasteiger partial charge in [0.25, 0.3) is 0 Å². The molecule has 7 nitrogen and oxygen atoms in total. The summed E-state index contributed by atoms with van der Waals surface area (Å²) in [6.07, 6.45) is 4.37. The first-order valence-corrected chi connectivity index (χ1v) is 7.22. The first kappa shape index (κ1) is 11.9. The molecule has 2 aromatic heterocycles. The van der Waals surface area contributed by atoms with Crippen molar-refractivity contribution in [3.8, 4) is 11.4 Å². The lowest BCUT2D eigenvalue weighted by molar-refractivity contribution is 0.340. The van der Waals surface area contributed by atoms with Crippen LogP contribution in [0.1, 0.15) is 18.5 Å². The van der Waals surface area contributed by atoms with Crippen LogP contribution in [-0.4, -0.2) is 51.1 Å². The lowest BCUT2D eigenvalue weighted by Crippen LogP contribution is -2.40. The topological polar surface area (TPSA) is 85.5 Å². The summed E-state index contributed by atoms with van der Waals surface area (Å²) in [6.45, 7) is 5.19. The van der Waals surface area contributed by atoms with Crippen molar-refractivity contribution in [2.75, 3.05) is 24.5 Å². The van der Waals surface area contributed by atoms with E-state index in [-0.39, 0.29) is 0 Å². The fourth-order valence-corrected chi connectivity index (χ4v) is 3.31. The number of anilines is 1. The van der Waals surface area contributed by atoms with Gasteiger partial charge in [-0.15, -0.1) is 5.10 Å². The second-order valence-corrected chi connectivity index (χ2v) is 5.76. The first-order valence-electron chi connectivity index (χ1n) is 7.22. The fraction of sp³-hybridized carbons (Fsp3) is 0.615. The van der Waals surface area contributed by atoms with Crippen molar-refractivity contribution in [2.24, 2.45) is 5.92 Å². The minimum atomic E-state index is 0.598. The Morgan fingerprint density at radius 3 is 3.05 bits per heavy atom. The molecular weight excluding hydrogens is 254 g/mol. The van der Waals surface area contributed by atoms with Gasteiger partial charge in [0.1, 0.15) is 0 Å². The van der Waals surface area contributed by atoms with Crippen molar-refractivity contribution in [1.29, 1.82) is 0 Å². The third-order valence-electron chi connectivity index (χ3n) is 4.44. The first-order chi connectivity index (χ1) is 9.81. The molecule has 20 heavy (non-hydrogen) atoms. The zero-order chi connectivity index (χ0) is 13.5. The van der Waals surface area contributed by atoms with Crippen LogP contribution in [0.15, 0.2) is 6.20 Å². The van der Waals surface area contributed by atoms with Gasteiger partial charge in [-0.05, 0) is 32.2 Å². The molecule has 0 spiro atoms. The normalized spacial score (nSPS) is 25.9. The Morgan fingerprint density at radius 2 is 2.25 bits per heavy atom. The molecule has 2 atom stereocenters. The highest BCUT2D eigenvalue weighted by Gasteiger charge is 2.35. The quantitative estimate of drug-likeness (QED) is 0.749. The minimum Gasteiger partial charge on any atom is -0.338 e. The minimum absolute atomic E-state index is 0.598. The van der Waals surface area contributed by atoms with Gasteiger partial charge in [0, 0.05) is 24.8 Å². The summed E-state index contributed by atoms with van der Waals surface area (Å²) in [5, 5.41) is 18.0. The Bertz CT molecular complexity index is 587. The zero-order valence-corrected chi connectivity index (χ0v) is 11.6. The molecule has 0 aliphatic carbocycles. The number of fused-ring (bicyclic) bond motifs is 1. The molecule has 106 valence electrons. The number of hydrogen-bond donors (Lipinski definition) is 3. The van der Waals surface area contributed by atoms with Gasteiger partial charge < -0.3 is 10.2 Å². The van der Waals surface area contributed by atoms with Gasteiger partial charge in [-0.2, -0.15) is 10.1 Å². The molecule has 2 saturated heterocycles. The maximum atomic E-state index is 4.62. The van der Waals surface area contributed by atoms with Crippen molar-refractivity contribution < 1.29 is 0 Å². The van der Waals surface area contributed by atoms with Crippen molar-refractivity contribution >= 4 is 5.95 Å². The molecule has 0 saturated carbocycles. The third-order valence-corrected chi connectivity index (χ3v) is 4.44. The Labute approximate surface area is 117 Å². The molecule has 0 radical (unpaired) electrons. The van der Waals surface area contributed by atoms with E-state index in [2.05, 4.69) is 35.6 Å². The van der Waals surface area contributed by atoms with Crippen molar-refractivity contribution in [2.45, 2.75) is 25.8 Å². The number of nitrogens with one attached hydrogen (secondary N) is 3. The van der Waals surface area contributed by atoms with E-state index in [4.69, 9.17) is 0 Å². The number of aromatic nitrogens is 5. The van der Waals surface area contributed by atoms with Gasteiger partial charge in [0.15, 0.2) is 5.82 Å². The van der Waals surface area contributed by atoms with Crippen LogP contribution >= 0.6 is 0 Å². The largest absolute Gasteiger partial charge is 0.338 e. The predicted molar refractivity (Wildman–Crippen MR) is 75.4 cm³/mol. The summed E-state index contributed by atoms with van der Waals surface area (Å²) in [5.74, 6) is 2.33. The molecule has 0 bridgehead atoms. The van der Waals surface area contributed by atoms with E-state index in [0.29, 0.717) is 6.04 Å². The average Bonchev–Trinajstić information content (AvgIpc) is 3.15. The van der Waals surface area contributed by atoms with E-state index >= 15 is 0 Å². The number of aryl methyl sites for hydroxylation is 1. The molecule has 2 aliphatic rings. The maximum Gasteiger partial charge on any atom is 0.245 e. The summed E-state index contributed by atoms with van der Waals surface area (Å²) < 4.78 is 0. The molecule has 4 rings (SSSR count). The Kier molecular flexibility index (Phi) is 2.73. The van der Waals surface area contributed by atoms with Crippen LogP contribution in [-0.2, 0) is 0 Å². The van der Waals surface area contributed by atoms with Gasteiger partial charge in [-0.1, -0.05) is 0 Å². The molecule has 7 heteroatoms.